The van der Waals surface area contributed by atoms with Gasteiger partial charge in [0, 0.05) is 10.7 Å². The van der Waals surface area contributed by atoms with E-state index < -0.39 is 11.8 Å². The van der Waals surface area contributed by atoms with E-state index in [9.17, 15) is 9.59 Å². The summed E-state index contributed by atoms with van der Waals surface area (Å²) < 4.78 is 0. The normalized spacial score (nSPS) is 14.5. The average Bonchev–Trinajstić information content (AvgIpc) is 2.77. The minimum atomic E-state index is -0.571. The summed E-state index contributed by atoms with van der Waals surface area (Å²) in [6.07, 6.45) is 0. The van der Waals surface area contributed by atoms with Crippen molar-refractivity contribution in [3.05, 3.63) is 68.8 Å². The first-order chi connectivity index (χ1) is 11.8. The van der Waals surface area contributed by atoms with Gasteiger partial charge >= 0.3 is 0 Å². The Bertz CT molecular complexity index is 935. The van der Waals surface area contributed by atoms with Gasteiger partial charge in [0.1, 0.15) is 10.7 Å². The molecule has 0 fully saturated rings. The highest BCUT2D eigenvalue weighted by molar-refractivity contribution is 6.53. The molecule has 0 unspecified atom stereocenters. The lowest BCUT2D eigenvalue weighted by atomic mass is 10.1. The molecular formula is C19H16Cl2N2O2. The lowest BCUT2D eigenvalue weighted by Gasteiger charge is -2.16. The summed E-state index contributed by atoms with van der Waals surface area (Å²) in [5, 5.41) is 3.30. The van der Waals surface area contributed by atoms with Gasteiger partial charge in [-0.25, -0.2) is 4.90 Å². The van der Waals surface area contributed by atoms with Crippen molar-refractivity contribution in [2.24, 2.45) is 0 Å². The predicted molar refractivity (Wildman–Crippen MR) is 101 cm³/mol. The molecule has 0 aromatic heterocycles. The van der Waals surface area contributed by atoms with Crippen LogP contribution in [0.4, 0.5) is 11.4 Å². The summed E-state index contributed by atoms with van der Waals surface area (Å²) in [7, 11) is 0. The number of amides is 2. The molecule has 1 aliphatic heterocycles. The average molecular weight is 375 g/mol. The molecule has 2 aromatic rings. The number of hydrogen-bond donors (Lipinski definition) is 1. The first kappa shape index (κ1) is 17.5. The maximum atomic E-state index is 12.7. The molecule has 0 atom stereocenters. The van der Waals surface area contributed by atoms with Crippen molar-refractivity contribution in [1.29, 1.82) is 0 Å². The minimum absolute atomic E-state index is 0.0617. The van der Waals surface area contributed by atoms with Crippen molar-refractivity contribution in [1.82, 2.24) is 0 Å². The highest BCUT2D eigenvalue weighted by atomic mass is 35.5. The van der Waals surface area contributed by atoms with Gasteiger partial charge in [0.25, 0.3) is 11.8 Å². The fraction of sp³-hybridized carbons (Fsp3) is 0.158. The van der Waals surface area contributed by atoms with Gasteiger partial charge in [0.15, 0.2) is 0 Å². The van der Waals surface area contributed by atoms with E-state index in [1.54, 1.807) is 18.2 Å². The molecule has 0 saturated heterocycles. The zero-order valence-electron chi connectivity index (χ0n) is 14.0. The predicted octanol–water partition coefficient (Wildman–Crippen LogP) is 4.70. The summed E-state index contributed by atoms with van der Waals surface area (Å²) in [5.41, 5.74) is 4.21. The van der Waals surface area contributed by atoms with E-state index in [1.165, 1.54) is 0 Å². The Morgan fingerprint density at radius 2 is 1.52 bits per heavy atom. The topological polar surface area (TPSA) is 49.4 Å². The van der Waals surface area contributed by atoms with Crippen LogP contribution in [0.2, 0.25) is 5.02 Å². The third-order valence-corrected chi connectivity index (χ3v) is 4.98. The SMILES string of the molecule is Cc1ccc(NC2=C(Cl)C(=O)N(c3ccc(C)c(Cl)c3)C2=O)cc1C. The van der Waals surface area contributed by atoms with Gasteiger partial charge in [-0.3, -0.25) is 9.59 Å². The fourth-order valence-corrected chi connectivity index (χ4v) is 2.92. The molecule has 3 rings (SSSR count). The van der Waals surface area contributed by atoms with Crippen molar-refractivity contribution >= 4 is 46.4 Å². The maximum absolute atomic E-state index is 12.7. The van der Waals surface area contributed by atoms with Crippen LogP contribution in [0.5, 0.6) is 0 Å². The number of nitrogens with one attached hydrogen (secondary N) is 1. The molecule has 0 saturated carbocycles. The van der Waals surface area contributed by atoms with Crippen molar-refractivity contribution in [2.75, 3.05) is 10.2 Å². The zero-order valence-corrected chi connectivity index (χ0v) is 15.5. The Labute approximate surface area is 156 Å². The van der Waals surface area contributed by atoms with Crippen LogP contribution in [-0.2, 0) is 9.59 Å². The van der Waals surface area contributed by atoms with Crippen LogP contribution in [0.25, 0.3) is 0 Å². The number of halogens is 2. The van der Waals surface area contributed by atoms with Crippen molar-refractivity contribution in [3.8, 4) is 0 Å². The summed E-state index contributed by atoms with van der Waals surface area (Å²) in [5.74, 6) is -1.08. The molecule has 0 radical (unpaired) electrons. The Hall–Kier alpha value is -2.30. The highest BCUT2D eigenvalue weighted by Crippen LogP contribution is 2.32. The number of nitrogens with zero attached hydrogens (tertiary/aromatic N) is 1. The third kappa shape index (κ3) is 3.15. The smallest absolute Gasteiger partial charge is 0.283 e. The van der Waals surface area contributed by atoms with Gasteiger partial charge in [0.05, 0.1) is 5.69 Å². The number of aryl methyl sites for hydroxylation is 3. The number of imide groups is 1. The van der Waals surface area contributed by atoms with E-state index in [0.29, 0.717) is 16.4 Å². The number of hydrogen-bond acceptors (Lipinski definition) is 3. The number of benzene rings is 2. The molecule has 4 nitrogen and oxygen atoms in total. The summed E-state index contributed by atoms with van der Waals surface area (Å²) in [6, 6.07) is 10.7. The largest absolute Gasteiger partial charge is 0.350 e. The van der Waals surface area contributed by atoms with Gasteiger partial charge in [0.2, 0.25) is 0 Å². The number of carbonyl (C=O) groups excluding carboxylic acids is 2. The van der Waals surface area contributed by atoms with Crippen LogP contribution >= 0.6 is 23.2 Å². The molecule has 1 aliphatic rings. The second kappa shape index (κ2) is 6.54. The fourth-order valence-electron chi connectivity index (χ4n) is 2.53. The van der Waals surface area contributed by atoms with E-state index in [4.69, 9.17) is 23.2 Å². The second-order valence-electron chi connectivity index (χ2n) is 5.99. The number of anilines is 2. The molecule has 1 N–H and O–H groups in total. The van der Waals surface area contributed by atoms with E-state index in [1.807, 2.05) is 39.0 Å². The van der Waals surface area contributed by atoms with E-state index in [0.717, 1.165) is 21.6 Å². The van der Waals surface area contributed by atoms with E-state index in [2.05, 4.69) is 5.32 Å². The molecule has 1 heterocycles. The summed E-state index contributed by atoms with van der Waals surface area (Å²) >= 11 is 12.2. The van der Waals surface area contributed by atoms with Crippen LogP contribution in [0, 0.1) is 20.8 Å². The van der Waals surface area contributed by atoms with Gasteiger partial charge in [-0.2, -0.15) is 0 Å². The van der Waals surface area contributed by atoms with Gasteiger partial charge in [-0.15, -0.1) is 0 Å². The van der Waals surface area contributed by atoms with Gasteiger partial charge < -0.3 is 5.32 Å². The van der Waals surface area contributed by atoms with Crippen molar-refractivity contribution in [2.45, 2.75) is 20.8 Å². The number of carbonyl (C=O) groups is 2. The Morgan fingerprint density at radius 3 is 2.16 bits per heavy atom. The van der Waals surface area contributed by atoms with Crippen LogP contribution in [0.3, 0.4) is 0 Å². The summed E-state index contributed by atoms with van der Waals surface area (Å²) in [6.45, 7) is 5.81. The minimum Gasteiger partial charge on any atom is -0.350 e. The quantitative estimate of drug-likeness (QED) is 0.791. The molecule has 0 bridgehead atoms. The van der Waals surface area contributed by atoms with E-state index >= 15 is 0 Å². The molecule has 2 aromatic carbocycles. The lowest BCUT2D eigenvalue weighted by Crippen LogP contribution is -2.32. The van der Waals surface area contributed by atoms with Crippen molar-refractivity contribution < 1.29 is 9.59 Å². The first-order valence-corrected chi connectivity index (χ1v) is 8.44. The van der Waals surface area contributed by atoms with Crippen LogP contribution in [-0.4, -0.2) is 11.8 Å². The van der Waals surface area contributed by atoms with Crippen LogP contribution in [0.15, 0.2) is 47.1 Å². The van der Waals surface area contributed by atoms with Crippen molar-refractivity contribution in [3.63, 3.8) is 0 Å². The Balaban J connectivity index is 1.93. The van der Waals surface area contributed by atoms with Crippen LogP contribution in [0.1, 0.15) is 16.7 Å². The Morgan fingerprint density at radius 1 is 0.840 bits per heavy atom. The highest BCUT2D eigenvalue weighted by Gasteiger charge is 2.39. The maximum Gasteiger partial charge on any atom is 0.283 e. The third-order valence-electron chi connectivity index (χ3n) is 4.22. The van der Waals surface area contributed by atoms with E-state index in [-0.39, 0.29) is 10.7 Å². The second-order valence-corrected chi connectivity index (χ2v) is 6.78. The van der Waals surface area contributed by atoms with Gasteiger partial charge in [-0.1, -0.05) is 35.3 Å². The summed E-state index contributed by atoms with van der Waals surface area (Å²) in [4.78, 5) is 26.2. The lowest BCUT2D eigenvalue weighted by molar-refractivity contribution is -0.120. The molecular weight excluding hydrogens is 359 g/mol. The van der Waals surface area contributed by atoms with Crippen LogP contribution < -0.4 is 10.2 Å². The monoisotopic (exact) mass is 374 g/mol. The first-order valence-electron chi connectivity index (χ1n) is 7.68. The molecule has 0 spiro atoms. The number of rotatable bonds is 3. The molecule has 25 heavy (non-hydrogen) atoms. The van der Waals surface area contributed by atoms with Gasteiger partial charge in [-0.05, 0) is 61.7 Å². The molecule has 0 aliphatic carbocycles. The molecule has 2 amide bonds. The molecule has 128 valence electrons. The molecule has 6 heteroatoms. The standard InChI is InChI=1S/C19H16Cl2N2O2/c1-10-4-6-13(8-12(10)3)22-17-16(21)18(24)23(19(17)25)14-7-5-11(2)15(20)9-14/h4-9,22H,1-3H3. The Kier molecular flexibility index (Phi) is 4.58. The zero-order chi connectivity index (χ0) is 18.3.